The maximum absolute atomic E-state index is 14.2. The van der Waals surface area contributed by atoms with Crippen LogP contribution in [0.25, 0.3) is 0 Å². The van der Waals surface area contributed by atoms with Gasteiger partial charge in [-0.3, -0.25) is 4.98 Å². The highest BCUT2D eigenvalue weighted by Crippen LogP contribution is 2.52. The van der Waals surface area contributed by atoms with Gasteiger partial charge < -0.3 is 0 Å². The molecule has 0 N–H and O–H groups in total. The summed E-state index contributed by atoms with van der Waals surface area (Å²) in [4.78, 5) is 3.74. The van der Waals surface area contributed by atoms with Gasteiger partial charge in [0.2, 0.25) is 0 Å². The van der Waals surface area contributed by atoms with Crippen LogP contribution in [0.15, 0.2) is 48.8 Å². The number of halogens is 7. The first-order valence-electron chi connectivity index (χ1n) is 7.61. The molecule has 0 bridgehead atoms. The van der Waals surface area contributed by atoms with Crippen LogP contribution in [-0.2, 0) is 5.41 Å². The van der Waals surface area contributed by atoms with Crippen molar-refractivity contribution in [1.29, 1.82) is 0 Å². The van der Waals surface area contributed by atoms with E-state index in [1.807, 2.05) is 0 Å². The fraction of sp³-hybridized carbons (Fsp3) is 0.389. The van der Waals surface area contributed by atoms with Gasteiger partial charge in [-0.15, -0.1) is 0 Å². The second-order valence-electron chi connectivity index (χ2n) is 6.39. The first-order valence-corrected chi connectivity index (χ1v) is 7.61. The summed E-state index contributed by atoms with van der Waals surface area (Å²) in [6.07, 6.45) is -5.55. The zero-order chi connectivity index (χ0) is 19.8. The van der Waals surface area contributed by atoms with Crippen LogP contribution in [-0.4, -0.2) is 23.0 Å². The van der Waals surface area contributed by atoms with E-state index >= 15 is 0 Å². The van der Waals surface area contributed by atoms with Crippen LogP contribution in [0.1, 0.15) is 30.0 Å². The average molecular weight is 379 g/mol. The van der Waals surface area contributed by atoms with E-state index in [1.165, 1.54) is 43.6 Å². The molecule has 26 heavy (non-hydrogen) atoms. The molecule has 0 aliphatic rings. The summed E-state index contributed by atoms with van der Waals surface area (Å²) in [6.45, 7) is 2.95. The molecule has 2 rings (SSSR count). The van der Waals surface area contributed by atoms with Crippen LogP contribution in [0.5, 0.6) is 0 Å². The molecule has 0 spiro atoms. The second kappa shape index (κ2) is 6.55. The summed E-state index contributed by atoms with van der Waals surface area (Å²) in [5, 5.41) is 0. The summed E-state index contributed by atoms with van der Waals surface area (Å²) in [6, 6.07) is 8.68. The Balaban J connectivity index is 2.57. The predicted molar refractivity (Wildman–Crippen MR) is 82.4 cm³/mol. The number of alkyl halides is 7. The highest BCUT2D eigenvalue weighted by Gasteiger charge is 2.73. The molecule has 2 aromatic rings. The highest BCUT2D eigenvalue weighted by molar-refractivity contribution is 5.39. The van der Waals surface area contributed by atoms with Gasteiger partial charge in [0.05, 0.1) is 0 Å². The maximum Gasteiger partial charge on any atom is 0.459 e. The summed E-state index contributed by atoms with van der Waals surface area (Å²) < 4.78 is 92.8. The van der Waals surface area contributed by atoms with Crippen molar-refractivity contribution in [3.8, 4) is 0 Å². The number of nitrogens with zero attached hydrogens (tertiary/aromatic N) is 1. The third-order valence-electron chi connectivity index (χ3n) is 4.40. The molecule has 0 aliphatic carbocycles. The van der Waals surface area contributed by atoms with E-state index in [-0.39, 0.29) is 11.1 Å². The molecule has 0 fully saturated rings. The lowest BCUT2D eigenvalue weighted by molar-refractivity contribution is -0.357. The largest absolute Gasteiger partial charge is 0.459 e. The number of hydrogen-bond acceptors (Lipinski definition) is 1. The topological polar surface area (TPSA) is 12.9 Å². The zero-order valence-corrected chi connectivity index (χ0v) is 13.9. The van der Waals surface area contributed by atoms with Gasteiger partial charge in [0.15, 0.2) is 0 Å². The fourth-order valence-corrected chi connectivity index (χ4v) is 2.77. The smallest absolute Gasteiger partial charge is 0.265 e. The normalized spacial score (nSPS) is 15.6. The molecule has 0 amide bonds. The molecule has 1 nitrogen and oxygen atoms in total. The van der Waals surface area contributed by atoms with Gasteiger partial charge in [-0.05, 0) is 30.2 Å². The molecule has 142 valence electrons. The number of rotatable bonds is 5. The van der Waals surface area contributed by atoms with Crippen molar-refractivity contribution in [3.63, 3.8) is 0 Å². The third-order valence-corrected chi connectivity index (χ3v) is 4.40. The van der Waals surface area contributed by atoms with Crippen LogP contribution in [0.4, 0.5) is 30.7 Å². The molecule has 1 aromatic carbocycles. The first kappa shape index (κ1) is 20.2. The van der Waals surface area contributed by atoms with Crippen molar-refractivity contribution in [2.24, 2.45) is 0 Å². The Kier molecular flexibility index (Phi) is 5.09. The van der Waals surface area contributed by atoms with E-state index in [9.17, 15) is 30.7 Å². The van der Waals surface area contributed by atoms with E-state index < -0.39 is 29.9 Å². The second-order valence-corrected chi connectivity index (χ2v) is 6.39. The van der Waals surface area contributed by atoms with E-state index in [2.05, 4.69) is 4.98 Å². The summed E-state index contributed by atoms with van der Waals surface area (Å²) in [7, 11) is 0. The lowest BCUT2D eigenvalue weighted by Crippen LogP contribution is -2.54. The van der Waals surface area contributed by atoms with E-state index in [4.69, 9.17) is 0 Å². The van der Waals surface area contributed by atoms with Gasteiger partial charge in [0, 0.05) is 24.2 Å². The van der Waals surface area contributed by atoms with E-state index in [0.717, 1.165) is 5.56 Å². The highest BCUT2D eigenvalue weighted by atomic mass is 19.4. The minimum Gasteiger partial charge on any atom is -0.265 e. The molecule has 0 aliphatic heterocycles. The van der Waals surface area contributed by atoms with Gasteiger partial charge in [0.1, 0.15) is 0 Å². The summed E-state index contributed by atoms with van der Waals surface area (Å²) in [5.41, 5.74) is -0.631. The minimum atomic E-state index is -6.36. The Hall–Kier alpha value is -2.12. The summed E-state index contributed by atoms with van der Waals surface area (Å²) in [5.74, 6) is -11.5. The molecule has 0 radical (unpaired) electrons. The quantitative estimate of drug-likeness (QED) is 0.588. The van der Waals surface area contributed by atoms with Crippen molar-refractivity contribution in [3.05, 3.63) is 65.5 Å². The van der Waals surface area contributed by atoms with Crippen molar-refractivity contribution < 1.29 is 30.7 Å². The van der Waals surface area contributed by atoms with Crippen LogP contribution in [0.2, 0.25) is 0 Å². The van der Waals surface area contributed by atoms with Crippen molar-refractivity contribution >= 4 is 0 Å². The Bertz CT molecular complexity index is 738. The van der Waals surface area contributed by atoms with Gasteiger partial charge in [-0.2, -0.15) is 30.7 Å². The van der Waals surface area contributed by atoms with Gasteiger partial charge in [-0.25, -0.2) is 0 Å². The molecule has 1 heterocycles. The molecule has 0 saturated carbocycles. The molecule has 0 saturated heterocycles. The Morgan fingerprint density at radius 2 is 1.23 bits per heavy atom. The van der Waals surface area contributed by atoms with Crippen LogP contribution in [0, 0.1) is 6.92 Å². The van der Waals surface area contributed by atoms with Crippen molar-refractivity contribution in [1.82, 2.24) is 4.98 Å². The lowest BCUT2D eigenvalue weighted by Gasteiger charge is -2.37. The summed E-state index contributed by atoms with van der Waals surface area (Å²) >= 11 is 0. The molecule has 1 atom stereocenters. The van der Waals surface area contributed by atoms with Crippen molar-refractivity contribution in [2.75, 3.05) is 0 Å². The monoisotopic (exact) mass is 379 g/mol. The van der Waals surface area contributed by atoms with Gasteiger partial charge in [0.25, 0.3) is 0 Å². The molecular weight excluding hydrogens is 363 g/mol. The van der Waals surface area contributed by atoms with Crippen LogP contribution in [0.3, 0.4) is 0 Å². The number of aryl methyl sites for hydroxylation is 1. The van der Waals surface area contributed by atoms with Gasteiger partial charge >= 0.3 is 18.0 Å². The van der Waals surface area contributed by atoms with E-state index in [1.54, 1.807) is 19.1 Å². The van der Waals surface area contributed by atoms with Gasteiger partial charge in [-0.1, -0.05) is 36.8 Å². The molecule has 1 aromatic heterocycles. The number of aromatic nitrogens is 1. The number of pyridine rings is 1. The first-order chi connectivity index (χ1) is 11.8. The SMILES string of the molecule is Cc1ccc(C(C)(CC(F)(F)C(F)(F)C(F)(F)F)c2ccncc2)cc1. The number of benzene rings is 1. The average Bonchev–Trinajstić information content (AvgIpc) is 2.54. The Morgan fingerprint density at radius 1 is 0.769 bits per heavy atom. The molecule has 1 unspecified atom stereocenters. The lowest BCUT2D eigenvalue weighted by atomic mass is 9.71. The Labute approximate surface area is 145 Å². The van der Waals surface area contributed by atoms with Crippen LogP contribution < -0.4 is 0 Å². The predicted octanol–water partition coefficient (Wildman–Crippen LogP) is 5.92. The standard InChI is InChI=1S/C18H16F7N/c1-12-3-5-13(6-4-12)15(2,14-7-9-26-10-8-14)11-16(19,20)17(21,22)18(23,24)25/h3-10H,11H2,1-2H3. The minimum absolute atomic E-state index is 0.161. The van der Waals surface area contributed by atoms with E-state index in [0.29, 0.717) is 0 Å². The number of hydrogen-bond donors (Lipinski definition) is 0. The maximum atomic E-state index is 14.2. The fourth-order valence-electron chi connectivity index (χ4n) is 2.77. The molecule has 8 heteroatoms. The zero-order valence-electron chi connectivity index (χ0n) is 13.9. The molecular formula is C18H16F7N. The third kappa shape index (κ3) is 3.54. The van der Waals surface area contributed by atoms with Crippen LogP contribution >= 0.6 is 0 Å². The van der Waals surface area contributed by atoms with Crippen molar-refractivity contribution in [2.45, 2.75) is 43.7 Å². The Morgan fingerprint density at radius 3 is 1.69 bits per heavy atom.